The van der Waals surface area contributed by atoms with Crippen molar-refractivity contribution in [2.24, 2.45) is 5.92 Å². The van der Waals surface area contributed by atoms with E-state index in [1.54, 1.807) is 34.8 Å². The Kier molecular flexibility index (Phi) is 18.5. The van der Waals surface area contributed by atoms with E-state index in [2.05, 4.69) is 25.8 Å². The van der Waals surface area contributed by atoms with Crippen LogP contribution in [0.2, 0.25) is 5.02 Å². The van der Waals surface area contributed by atoms with E-state index in [4.69, 9.17) is 36.0 Å². The van der Waals surface area contributed by atoms with Crippen molar-refractivity contribution in [1.82, 2.24) is 35.3 Å². The van der Waals surface area contributed by atoms with E-state index < -0.39 is 17.9 Å². The van der Waals surface area contributed by atoms with Crippen LogP contribution in [0.3, 0.4) is 0 Å². The van der Waals surface area contributed by atoms with Gasteiger partial charge >= 0.3 is 5.97 Å². The third-order valence-electron chi connectivity index (χ3n) is 11.3. The topological polar surface area (TPSA) is 200 Å². The van der Waals surface area contributed by atoms with Gasteiger partial charge in [-0.2, -0.15) is 0 Å². The van der Waals surface area contributed by atoms with E-state index in [9.17, 15) is 19.2 Å². The Morgan fingerprint density at radius 1 is 0.909 bits per heavy atom. The number of aromatic nitrogens is 4. The molecule has 1 saturated heterocycles. The first-order valence-electron chi connectivity index (χ1n) is 21.9. The van der Waals surface area contributed by atoms with Gasteiger partial charge in [0.15, 0.2) is 0 Å². The van der Waals surface area contributed by atoms with Crippen LogP contribution in [0.15, 0.2) is 54.0 Å². The molecule has 1 unspecified atom stereocenters. The Balaban J connectivity index is 0.817. The lowest BCUT2D eigenvalue weighted by molar-refractivity contribution is -0.150. The van der Waals surface area contributed by atoms with Gasteiger partial charge in [-0.1, -0.05) is 54.9 Å². The average molecular weight is 962 g/mol. The molecule has 3 aromatic heterocycles. The summed E-state index contributed by atoms with van der Waals surface area (Å²) in [6.45, 7) is 11.3. The molecule has 66 heavy (non-hydrogen) atoms. The van der Waals surface area contributed by atoms with Crippen LogP contribution in [-0.2, 0) is 51.1 Å². The van der Waals surface area contributed by atoms with Crippen LogP contribution in [0.4, 0.5) is 0 Å². The molecule has 0 saturated carbocycles. The van der Waals surface area contributed by atoms with Gasteiger partial charge < -0.3 is 34.5 Å². The highest BCUT2D eigenvalue weighted by Gasteiger charge is 2.34. The minimum atomic E-state index is -0.587. The zero-order valence-electron chi connectivity index (χ0n) is 37.9. The molecule has 4 heterocycles. The number of nitrogens with zero attached hydrogens (tertiary/aromatic N) is 5. The molecule has 0 aliphatic carbocycles. The molecule has 3 N–H and O–H groups in total. The lowest BCUT2D eigenvalue weighted by Gasteiger charge is -2.24. The van der Waals surface area contributed by atoms with Gasteiger partial charge in [-0.05, 0) is 75.8 Å². The van der Waals surface area contributed by atoms with E-state index in [0.29, 0.717) is 61.2 Å². The number of thiophene rings is 1. The number of aryl methyl sites for hydroxylation is 3. The van der Waals surface area contributed by atoms with Crippen LogP contribution in [0.5, 0.6) is 0 Å². The summed E-state index contributed by atoms with van der Waals surface area (Å²) in [6, 6.07) is 14.6. The number of carbonyl (C=O) groups is 4. The molecule has 3 amide bonds. The van der Waals surface area contributed by atoms with Crippen LogP contribution in [0.25, 0.3) is 15.4 Å². The van der Waals surface area contributed by atoms with Crippen molar-refractivity contribution in [2.45, 2.75) is 72.9 Å². The van der Waals surface area contributed by atoms with Crippen molar-refractivity contribution in [1.29, 1.82) is 5.41 Å². The summed E-state index contributed by atoms with van der Waals surface area (Å²) in [6.07, 6.45) is 2.10. The van der Waals surface area contributed by atoms with Gasteiger partial charge in [0.1, 0.15) is 35.9 Å². The molecule has 16 nitrogen and oxygen atoms in total. The molecule has 0 radical (unpaired) electrons. The van der Waals surface area contributed by atoms with Crippen LogP contribution >= 0.6 is 34.3 Å². The summed E-state index contributed by atoms with van der Waals surface area (Å²) >= 11 is 9.26. The van der Waals surface area contributed by atoms with E-state index in [1.165, 1.54) is 4.90 Å². The fourth-order valence-electron chi connectivity index (χ4n) is 7.49. The van der Waals surface area contributed by atoms with Gasteiger partial charge in [-0.25, -0.2) is 4.98 Å². The summed E-state index contributed by atoms with van der Waals surface area (Å²) in [5.41, 5.74) is 7.73. The maximum Gasteiger partial charge on any atom is 0.309 e. The maximum atomic E-state index is 13.2. The Morgan fingerprint density at radius 2 is 1.61 bits per heavy atom. The lowest BCUT2D eigenvalue weighted by Crippen LogP contribution is -2.49. The summed E-state index contributed by atoms with van der Waals surface area (Å²) in [4.78, 5) is 59.5. The Labute approximate surface area is 397 Å². The van der Waals surface area contributed by atoms with Crippen molar-refractivity contribution >= 4 is 63.7 Å². The zero-order valence-corrected chi connectivity index (χ0v) is 40.3. The average Bonchev–Trinajstić information content (AvgIpc) is 4.12. The van der Waals surface area contributed by atoms with Crippen molar-refractivity contribution in [3.05, 3.63) is 104 Å². The molecule has 352 valence electrons. The minimum absolute atomic E-state index is 0.0726. The number of ether oxygens (including phenoxy) is 4. The standard InChI is InChI=1S/C47H57ClN8O8S2/c1-6-34(24-39-54-53-32(5)56(39)46-42(29(2)31(4)66-46)43(49)35-13-15-37(48)16-14-35)47(60)64-23-22-62-19-18-61-20-21-63-27-40(57)50-26-41(58)55-17-7-8-38(55)45(59)51-25-33-9-11-36(12-10-33)44-30(3)52-28-65-44/h9-16,28,34,38,49H,6-8,17-27H2,1-5H3,(H,50,57)(H,51,59)/t34-,38?/m1/s1. The second kappa shape index (κ2) is 24.4. The number of thiazole rings is 1. The first-order chi connectivity index (χ1) is 31.9. The third-order valence-corrected chi connectivity index (χ3v) is 13.7. The molecule has 1 aliphatic heterocycles. The van der Waals surface area contributed by atoms with Crippen molar-refractivity contribution < 1.29 is 38.1 Å². The molecule has 2 atom stereocenters. The molecule has 5 aromatic rings. The number of halogens is 1. The van der Waals surface area contributed by atoms with E-state index in [1.807, 2.05) is 81.1 Å². The van der Waals surface area contributed by atoms with Crippen molar-refractivity contribution in [2.75, 3.05) is 59.3 Å². The summed E-state index contributed by atoms with van der Waals surface area (Å²) in [5, 5.41) is 24.8. The highest BCUT2D eigenvalue weighted by Crippen LogP contribution is 2.35. The van der Waals surface area contributed by atoms with Crippen LogP contribution in [-0.4, -0.2) is 119 Å². The number of esters is 1. The maximum absolute atomic E-state index is 13.2. The fraction of sp³-hybridized carbons (Fsp3) is 0.447. The second-order valence-corrected chi connectivity index (χ2v) is 18.3. The first kappa shape index (κ1) is 50.1. The van der Waals surface area contributed by atoms with Gasteiger partial charge in [0.25, 0.3) is 0 Å². The van der Waals surface area contributed by atoms with Gasteiger partial charge in [0.05, 0.1) is 67.3 Å². The monoisotopic (exact) mass is 960 g/mol. The number of benzene rings is 2. The van der Waals surface area contributed by atoms with Gasteiger partial charge in [0.2, 0.25) is 17.7 Å². The molecule has 2 aromatic carbocycles. The number of likely N-dealkylation sites (tertiary alicyclic amines) is 1. The van der Waals surface area contributed by atoms with Crippen LogP contribution < -0.4 is 10.6 Å². The quantitative estimate of drug-likeness (QED) is 0.0354. The molecular formula is C47H57ClN8O8S2. The van der Waals surface area contributed by atoms with E-state index in [-0.39, 0.29) is 70.6 Å². The van der Waals surface area contributed by atoms with Crippen molar-refractivity contribution in [3.63, 3.8) is 0 Å². The van der Waals surface area contributed by atoms with Crippen LogP contribution in [0, 0.1) is 39.0 Å². The number of carbonyl (C=O) groups excluding carboxylic acids is 4. The van der Waals surface area contributed by atoms with Gasteiger partial charge in [-0.15, -0.1) is 32.9 Å². The van der Waals surface area contributed by atoms with Gasteiger partial charge in [0, 0.05) is 40.5 Å². The summed E-state index contributed by atoms with van der Waals surface area (Å²) in [7, 11) is 0. The first-order valence-corrected chi connectivity index (χ1v) is 24.0. The number of nitrogens with one attached hydrogen (secondary N) is 3. The molecule has 1 aliphatic rings. The Hall–Kier alpha value is -5.37. The van der Waals surface area contributed by atoms with Crippen molar-refractivity contribution in [3.8, 4) is 15.4 Å². The normalized spacial score (nSPS) is 14.0. The zero-order chi connectivity index (χ0) is 47.2. The largest absolute Gasteiger partial charge is 0.463 e. The Morgan fingerprint density at radius 3 is 2.29 bits per heavy atom. The molecule has 0 bridgehead atoms. The fourth-order valence-corrected chi connectivity index (χ4v) is 9.66. The molecule has 0 spiro atoms. The molecule has 1 fully saturated rings. The highest BCUT2D eigenvalue weighted by atomic mass is 35.5. The second-order valence-electron chi connectivity index (χ2n) is 15.8. The number of amides is 3. The molecule has 6 rings (SSSR count). The minimum Gasteiger partial charge on any atom is -0.463 e. The number of rotatable bonds is 24. The molecular weight excluding hydrogens is 904 g/mol. The number of hydrogen-bond acceptors (Lipinski definition) is 14. The lowest BCUT2D eigenvalue weighted by atomic mass is 9.99. The smallest absolute Gasteiger partial charge is 0.309 e. The number of hydrogen-bond donors (Lipinski definition) is 3. The van der Waals surface area contributed by atoms with Crippen LogP contribution in [0.1, 0.15) is 70.7 Å². The summed E-state index contributed by atoms with van der Waals surface area (Å²) in [5.74, 6) is -0.547. The molecule has 19 heteroatoms. The van der Waals surface area contributed by atoms with E-state index in [0.717, 1.165) is 48.3 Å². The third kappa shape index (κ3) is 13.2. The predicted molar refractivity (Wildman–Crippen MR) is 254 cm³/mol. The SMILES string of the molecule is CC[C@H](Cc1nnc(C)n1-c1sc(C)c(C)c1C(=N)c1ccc(Cl)cc1)C(=O)OCCOCCOCCOCC(=O)NCC(=O)N1CCCC1C(=O)NCc1ccc(-c2scnc2C)cc1. The Bertz CT molecular complexity index is 2450. The highest BCUT2D eigenvalue weighted by molar-refractivity contribution is 7.15. The summed E-state index contributed by atoms with van der Waals surface area (Å²) < 4.78 is 24.0. The van der Waals surface area contributed by atoms with Gasteiger partial charge in [-0.3, -0.25) is 29.2 Å². The predicted octanol–water partition coefficient (Wildman–Crippen LogP) is 6.34. The van der Waals surface area contributed by atoms with E-state index >= 15 is 0 Å².